The summed E-state index contributed by atoms with van der Waals surface area (Å²) >= 11 is 0. The highest BCUT2D eigenvalue weighted by molar-refractivity contribution is 5.92. The van der Waals surface area contributed by atoms with Gasteiger partial charge in [-0.2, -0.15) is 0 Å². The van der Waals surface area contributed by atoms with Crippen molar-refractivity contribution in [2.45, 2.75) is 44.2 Å². The largest absolute Gasteiger partial charge is 0.360 e. The van der Waals surface area contributed by atoms with E-state index < -0.39 is 0 Å². The second-order valence-electron chi connectivity index (χ2n) is 6.14. The lowest BCUT2D eigenvalue weighted by atomic mass is 10.2. The van der Waals surface area contributed by atoms with E-state index in [4.69, 9.17) is 4.52 Å². The first-order chi connectivity index (χ1) is 10.7. The Morgan fingerprint density at radius 1 is 1.27 bits per heavy atom. The normalized spacial score (nSPS) is 17.5. The number of amides is 1. The quantitative estimate of drug-likeness (QED) is 0.849. The van der Waals surface area contributed by atoms with Crippen molar-refractivity contribution in [3.05, 3.63) is 53.2 Å². The number of benzene rings is 1. The highest BCUT2D eigenvalue weighted by Crippen LogP contribution is 2.40. The molecule has 2 fully saturated rings. The van der Waals surface area contributed by atoms with E-state index >= 15 is 0 Å². The highest BCUT2D eigenvalue weighted by Gasteiger charge is 2.36. The smallest absolute Gasteiger partial charge is 0.276 e. The molecule has 0 bridgehead atoms. The molecule has 1 aromatic heterocycles. The minimum atomic E-state index is -0.278. The van der Waals surface area contributed by atoms with Crippen molar-refractivity contribution in [2.24, 2.45) is 0 Å². The summed E-state index contributed by atoms with van der Waals surface area (Å²) in [5.41, 5.74) is 0.874. The molecule has 4 nitrogen and oxygen atoms in total. The lowest BCUT2D eigenvalue weighted by Crippen LogP contribution is -2.33. The number of rotatable bonds is 5. The van der Waals surface area contributed by atoms with Crippen LogP contribution in [0.1, 0.15) is 53.4 Å². The summed E-state index contributed by atoms with van der Waals surface area (Å²) in [5.74, 6) is 0.779. The van der Waals surface area contributed by atoms with Crippen LogP contribution >= 0.6 is 0 Å². The lowest BCUT2D eigenvalue weighted by molar-refractivity contribution is 0.0717. The van der Waals surface area contributed by atoms with E-state index in [1.165, 1.54) is 6.07 Å². The van der Waals surface area contributed by atoms with Crippen LogP contribution in [-0.4, -0.2) is 22.0 Å². The second-order valence-corrected chi connectivity index (χ2v) is 6.14. The number of nitrogens with zero attached hydrogens (tertiary/aromatic N) is 2. The Hall–Kier alpha value is -2.17. The van der Waals surface area contributed by atoms with Crippen LogP contribution in [0, 0.1) is 5.82 Å². The Kier molecular flexibility index (Phi) is 3.21. The van der Waals surface area contributed by atoms with Gasteiger partial charge < -0.3 is 9.42 Å². The molecule has 0 saturated heterocycles. The van der Waals surface area contributed by atoms with Crippen LogP contribution in [0.15, 0.2) is 34.9 Å². The molecule has 1 heterocycles. The maximum atomic E-state index is 13.8. The zero-order valence-electron chi connectivity index (χ0n) is 12.2. The zero-order valence-corrected chi connectivity index (χ0v) is 12.2. The molecule has 0 unspecified atom stereocenters. The molecule has 114 valence electrons. The van der Waals surface area contributed by atoms with Crippen molar-refractivity contribution in [1.29, 1.82) is 0 Å². The van der Waals surface area contributed by atoms with Gasteiger partial charge >= 0.3 is 0 Å². The molecule has 2 saturated carbocycles. The molecular formula is C17H17FN2O2. The molecular weight excluding hydrogens is 283 g/mol. The number of aromatic nitrogens is 1. The fraction of sp³-hybridized carbons (Fsp3) is 0.412. The van der Waals surface area contributed by atoms with Gasteiger partial charge in [-0.25, -0.2) is 4.39 Å². The van der Waals surface area contributed by atoms with Crippen molar-refractivity contribution in [3.63, 3.8) is 0 Å². The first kappa shape index (κ1) is 13.5. The Bertz CT molecular complexity index is 704. The number of carbonyl (C=O) groups excluding carboxylic acids is 1. The van der Waals surface area contributed by atoms with E-state index in [1.54, 1.807) is 29.2 Å². The summed E-state index contributed by atoms with van der Waals surface area (Å²) in [6.45, 7) is 0.280. The van der Waals surface area contributed by atoms with Crippen LogP contribution in [-0.2, 0) is 6.54 Å². The van der Waals surface area contributed by atoms with Gasteiger partial charge in [-0.15, -0.1) is 0 Å². The van der Waals surface area contributed by atoms with Gasteiger partial charge in [-0.1, -0.05) is 23.4 Å². The predicted molar refractivity (Wildman–Crippen MR) is 77.8 cm³/mol. The SMILES string of the molecule is O=C(c1cc(C2CC2)on1)N(Cc1ccccc1F)C1CC1. The molecule has 2 aromatic rings. The summed E-state index contributed by atoms with van der Waals surface area (Å²) in [6, 6.07) is 8.52. The molecule has 2 aliphatic rings. The van der Waals surface area contributed by atoms with Crippen molar-refractivity contribution in [3.8, 4) is 0 Å². The molecule has 22 heavy (non-hydrogen) atoms. The average molecular weight is 300 g/mol. The van der Waals surface area contributed by atoms with Gasteiger partial charge in [0.2, 0.25) is 0 Å². The standard InChI is InChI=1S/C17H17FN2O2/c18-14-4-2-1-3-12(14)10-20(13-7-8-13)17(21)15-9-16(22-19-15)11-5-6-11/h1-4,9,11,13H,5-8,10H2. The zero-order chi connectivity index (χ0) is 15.1. The average Bonchev–Trinajstić information content (AvgIpc) is 3.45. The monoisotopic (exact) mass is 300 g/mol. The van der Waals surface area contributed by atoms with E-state index in [0.29, 0.717) is 17.2 Å². The van der Waals surface area contributed by atoms with Crippen LogP contribution in [0.3, 0.4) is 0 Å². The Labute approximate surface area is 127 Å². The molecule has 1 aromatic carbocycles. The maximum Gasteiger partial charge on any atom is 0.276 e. The molecule has 1 amide bonds. The van der Waals surface area contributed by atoms with E-state index in [2.05, 4.69) is 5.16 Å². The minimum absolute atomic E-state index is 0.165. The first-order valence-electron chi connectivity index (χ1n) is 7.73. The Morgan fingerprint density at radius 3 is 2.73 bits per heavy atom. The van der Waals surface area contributed by atoms with E-state index in [9.17, 15) is 9.18 Å². The van der Waals surface area contributed by atoms with E-state index in [1.807, 2.05) is 0 Å². The van der Waals surface area contributed by atoms with Crippen molar-refractivity contribution in [1.82, 2.24) is 10.1 Å². The van der Waals surface area contributed by atoms with Gasteiger partial charge in [0.25, 0.3) is 5.91 Å². The number of carbonyl (C=O) groups is 1. The Balaban J connectivity index is 1.55. The molecule has 0 aliphatic heterocycles. The molecule has 4 rings (SSSR count). The van der Waals surface area contributed by atoms with Gasteiger partial charge in [-0.3, -0.25) is 4.79 Å². The summed E-state index contributed by atoms with van der Waals surface area (Å²) < 4.78 is 19.1. The van der Waals surface area contributed by atoms with Crippen molar-refractivity contribution < 1.29 is 13.7 Å². The van der Waals surface area contributed by atoms with Crippen LogP contribution < -0.4 is 0 Å². The van der Waals surface area contributed by atoms with Gasteiger partial charge in [-0.05, 0) is 31.7 Å². The lowest BCUT2D eigenvalue weighted by Gasteiger charge is -2.21. The van der Waals surface area contributed by atoms with Gasteiger partial charge in [0, 0.05) is 30.1 Å². The number of hydrogen-bond acceptors (Lipinski definition) is 3. The fourth-order valence-electron chi connectivity index (χ4n) is 2.66. The third-order valence-corrected chi connectivity index (χ3v) is 4.27. The van der Waals surface area contributed by atoms with Gasteiger partial charge in [0.15, 0.2) is 5.69 Å². The highest BCUT2D eigenvalue weighted by atomic mass is 19.1. The summed E-state index contributed by atoms with van der Waals surface area (Å²) in [6.07, 6.45) is 4.13. The van der Waals surface area contributed by atoms with E-state index in [-0.39, 0.29) is 24.3 Å². The molecule has 0 atom stereocenters. The van der Waals surface area contributed by atoms with Gasteiger partial charge in [0.1, 0.15) is 11.6 Å². The Morgan fingerprint density at radius 2 is 2.05 bits per heavy atom. The van der Waals surface area contributed by atoms with Crippen molar-refractivity contribution >= 4 is 5.91 Å². The predicted octanol–water partition coefficient (Wildman–Crippen LogP) is 3.50. The molecule has 0 N–H and O–H groups in total. The minimum Gasteiger partial charge on any atom is -0.360 e. The van der Waals surface area contributed by atoms with Crippen LogP contribution in [0.5, 0.6) is 0 Å². The topological polar surface area (TPSA) is 46.3 Å². The summed E-state index contributed by atoms with van der Waals surface area (Å²) in [4.78, 5) is 14.4. The molecule has 0 spiro atoms. The summed E-state index contributed by atoms with van der Waals surface area (Å²) in [5, 5.41) is 3.91. The summed E-state index contributed by atoms with van der Waals surface area (Å²) in [7, 11) is 0. The van der Waals surface area contributed by atoms with Crippen LogP contribution in [0.25, 0.3) is 0 Å². The fourth-order valence-corrected chi connectivity index (χ4v) is 2.66. The first-order valence-corrected chi connectivity index (χ1v) is 7.73. The second kappa shape index (κ2) is 5.23. The van der Waals surface area contributed by atoms with Crippen LogP contribution in [0.2, 0.25) is 0 Å². The van der Waals surface area contributed by atoms with Crippen molar-refractivity contribution in [2.75, 3.05) is 0 Å². The van der Waals surface area contributed by atoms with Crippen LogP contribution in [0.4, 0.5) is 4.39 Å². The molecule has 5 heteroatoms. The van der Waals surface area contributed by atoms with E-state index in [0.717, 1.165) is 31.4 Å². The maximum absolute atomic E-state index is 13.8. The molecule has 0 radical (unpaired) electrons. The number of hydrogen-bond donors (Lipinski definition) is 0. The molecule has 2 aliphatic carbocycles. The third-order valence-electron chi connectivity index (χ3n) is 4.27. The number of halogens is 1. The van der Waals surface area contributed by atoms with Gasteiger partial charge in [0.05, 0.1) is 0 Å². The third kappa shape index (κ3) is 2.63.